The van der Waals surface area contributed by atoms with Crippen molar-refractivity contribution in [3.8, 4) is 0 Å². The Labute approximate surface area is 98.8 Å². The van der Waals surface area contributed by atoms with E-state index in [1.54, 1.807) is 0 Å². The number of amides is 1. The van der Waals surface area contributed by atoms with E-state index in [1.165, 1.54) is 0 Å². The maximum atomic E-state index is 11.9. The van der Waals surface area contributed by atoms with E-state index in [-0.39, 0.29) is 17.5 Å². The summed E-state index contributed by atoms with van der Waals surface area (Å²) < 4.78 is 0. The smallest absolute Gasteiger partial charge is 0.237 e. The van der Waals surface area contributed by atoms with Gasteiger partial charge in [0.25, 0.3) is 0 Å². The average molecular weight is 227 g/mol. The van der Waals surface area contributed by atoms with Gasteiger partial charge in [-0.25, -0.2) is 0 Å². The lowest BCUT2D eigenvalue weighted by Crippen LogP contribution is -2.65. The minimum absolute atomic E-state index is 0.00352. The second-order valence-electron chi connectivity index (χ2n) is 5.58. The molecule has 1 aliphatic heterocycles. The second kappa shape index (κ2) is 5.15. The first-order chi connectivity index (χ1) is 7.38. The fourth-order valence-electron chi connectivity index (χ4n) is 2.58. The summed E-state index contributed by atoms with van der Waals surface area (Å²) in [5.74, 6) is 0.170. The number of carbonyl (C=O) groups excluding carboxylic acids is 1. The third-order valence-electron chi connectivity index (χ3n) is 3.13. The molecule has 2 N–H and O–H groups in total. The average Bonchev–Trinajstić information content (AvgIpc) is 2.17. The van der Waals surface area contributed by atoms with Crippen LogP contribution in [0.25, 0.3) is 0 Å². The van der Waals surface area contributed by atoms with Gasteiger partial charge in [0.2, 0.25) is 5.91 Å². The number of carbonyl (C=O) groups is 1. The molecule has 0 saturated carbocycles. The van der Waals surface area contributed by atoms with E-state index in [2.05, 4.69) is 43.2 Å². The highest BCUT2D eigenvalue weighted by Gasteiger charge is 2.39. The summed E-state index contributed by atoms with van der Waals surface area (Å²) in [6.45, 7) is 10.3. The number of hydrogen-bond donors (Lipinski definition) is 2. The molecule has 4 heteroatoms. The van der Waals surface area contributed by atoms with Crippen LogP contribution < -0.4 is 10.6 Å². The van der Waals surface area contributed by atoms with Crippen LogP contribution in [0, 0.1) is 0 Å². The first-order valence-electron chi connectivity index (χ1n) is 6.08. The van der Waals surface area contributed by atoms with E-state index in [0.29, 0.717) is 6.04 Å². The number of hydrogen-bond acceptors (Lipinski definition) is 3. The summed E-state index contributed by atoms with van der Waals surface area (Å²) in [7, 11) is 1.92. The van der Waals surface area contributed by atoms with Crippen molar-refractivity contribution in [2.75, 3.05) is 20.1 Å². The lowest BCUT2D eigenvalue weighted by molar-refractivity contribution is -0.135. The van der Waals surface area contributed by atoms with Gasteiger partial charge in [-0.05, 0) is 47.7 Å². The van der Waals surface area contributed by atoms with Crippen molar-refractivity contribution in [2.45, 2.75) is 51.7 Å². The second-order valence-corrected chi connectivity index (χ2v) is 5.58. The highest BCUT2D eigenvalue weighted by molar-refractivity contribution is 5.82. The van der Waals surface area contributed by atoms with Crippen LogP contribution in [0.2, 0.25) is 0 Å². The quantitative estimate of drug-likeness (QED) is 0.741. The lowest BCUT2D eigenvalue weighted by atomic mass is 9.95. The molecule has 0 radical (unpaired) electrons. The highest BCUT2D eigenvalue weighted by Crippen LogP contribution is 2.24. The van der Waals surface area contributed by atoms with Gasteiger partial charge in [-0.2, -0.15) is 0 Å². The molecule has 1 amide bonds. The summed E-state index contributed by atoms with van der Waals surface area (Å²) in [5.41, 5.74) is 0.0373. The zero-order valence-corrected chi connectivity index (χ0v) is 11.1. The summed E-state index contributed by atoms with van der Waals surface area (Å²) in [5, 5.41) is 6.10. The Morgan fingerprint density at radius 1 is 1.50 bits per heavy atom. The number of rotatable bonds is 3. The van der Waals surface area contributed by atoms with Crippen molar-refractivity contribution in [1.82, 2.24) is 15.5 Å². The van der Waals surface area contributed by atoms with E-state index in [9.17, 15) is 4.79 Å². The predicted octanol–water partition coefficient (Wildman–Crippen LogP) is 0.583. The Kier molecular flexibility index (Phi) is 4.33. The SMILES string of the molecule is CNCCC1C(=O)NCC(C)N1C(C)(C)C. The van der Waals surface area contributed by atoms with Crippen molar-refractivity contribution in [2.24, 2.45) is 0 Å². The molecule has 0 aromatic carbocycles. The van der Waals surface area contributed by atoms with Crippen molar-refractivity contribution in [3.63, 3.8) is 0 Å². The lowest BCUT2D eigenvalue weighted by Gasteiger charge is -2.48. The van der Waals surface area contributed by atoms with Crippen LogP contribution in [0.5, 0.6) is 0 Å². The van der Waals surface area contributed by atoms with Gasteiger partial charge in [-0.15, -0.1) is 0 Å². The first kappa shape index (κ1) is 13.5. The molecule has 0 bridgehead atoms. The summed E-state index contributed by atoms with van der Waals surface area (Å²) in [6.07, 6.45) is 0.865. The largest absolute Gasteiger partial charge is 0.353 e. The van der Waals surface area contributed by atoms with Gasteiger partial charge in [0.15, 0.2) is 0 Å². The number of nitrogens with zero attached hydrogens (tertiary/aromatic N) is 1. The molecule has 1 rings (SSSR count). The Morgan fingerprint density at radius 2 is 2.12 bits per heavy atom. The molecule has 1 saturated heterocycles. The maximum absolute atomic E-state index is 11.9. The molecule has 2 atom stereocenters. The summed E-state index contributed by atoms with van der Waals surface area (Å²) in [6, 6.07) is 0.399. The standard InChI is InChI=1S/C12H25N3O/c1-9-8-14-11(16)10(6-7-13-5)15(9)12(2,3)4/h9-10,13H,6-8H2,1-5H3,(H,14,16). The van der Waals surface area contributed by atoms with Gasteiger partial charge in [-0.1, -0.05) is 0 Å². The Balaban J connectivity index is 2.82. The minimum Gasteiger partial charge on any atom is -0.353 e. The van der Waals surface area contributed by atoms with Gasteiger partial charge < -0.3 is 10.6 Å². The fraction of sp³-hybridized carbons (Fsp3) is 0.917. The minimum atomic E-state index is -0.00352. The van der Waals surface area contributed by atoms with Crippen molar-refractivity contribution < 1.29 is 4.79 Å². The molecule has 94 valence electrons. The molecule has 16 heavy (non-hydrogen) atoms. The van der Waals surface area contributed by atoms with Gasteiger partial charge in [0.1, 0.15) is 0 Å². The van der Waals surface area contributed by atoms with Gasteiger partial charge >= 0.3 is 0 Å². The van der Waals surface area contributed by atoms with Gasteiger partial charge in [0.05, 0.1) is 6.04 Å². The van der Waals surface area contributed by atoms with E-state index in [4.69, 9.17) is 0 Å². The molecule has 0 aliphatic carbocycles. The molecule has 4 nitrogen and oxygen atoms in total. The fourth-order valence-corrected chi connectivity index (χ4v) is 2.58. The van der Waals surface area contributed by atoms with Crippen LogP contribution in [0.3, 0.4) is 0 Å². The Morgan fingerprint density at radius 3 is 2.62 bits per heavy atom. The molecule has 1 fully saturated rings. The number of nitrogens with one attached hydrogen (secondary N) is 2. The zero-order valence-electron chi connectivity index (χ0n) is 11.1. The number of piperazine rings is 1. The highest BCUT2D eigenvalue weighted by atomic mass is 16.2. The molecular formula is C12H25N3O. The van der Waals surface area contributed by atoms with Gasteiger partial charge in [-0.3, -0.25) is 9.69 Å². The van der Waals surface area contributed by atoms with Crippen molar-refractivity contribution in [3.05, 3.63) is 0 Å². The third-order valence-corrected chi connectivity index (χ3v) is 3.13. The molecular weight excluding hydrogens is 202 g/mol. The Hall–Kier alpha value is -0.610. The van der Waals surface area contributed by atoms with Crippen LogP contribution >= 0.6 is 0 Å². The molecule has 2 unspecified atom stereocenters. The first-order valence-corrected chi connectivity index (χ1v) is 6.08. The van der Waals surface area contributed by atoms with Crippen LogP contribution in [-0.2, 0) is 4.79 Å². The molecule has 0 spiro atoms. The third kappa shape index (κ3) is 2.95. The topological polar surface area (TPSA) is 44.4 Å². The normalized spacial score (nSPS) is 27.9. The zero-order chi connectivity index (χ0) is 12.3. The van der Waals surface area contributed by atoms with Crippen molar-refractivity contribution in [1.29, 1.82) is 0 Å². The van der Waals surface area contributed by atoms with Crippen LogP contribution in [0.4, 0.5) is 0 Å². The van der Waals surface area contributed by atoms with E-state index in [1.807, 2.05) is 7.05 Å². The Bertz CT molecular complexity index is 247. The van der Waals surface area contributed by atoms with Crippen LogP contribution in [0.15, 0.2) is 0 Å². The maximum Gasteiger partial charge on any atom is 0.237 e. The van der Waals surface area contributed by atoms with E-state index in [0.717, 1.165) is 19.5 Å². The van der Waals surface area contributed by atoms with Crippen molar-refractivity contribution >= 4 is 5.91 Å². The molecule has 0 aromatic rings. The molecule has 0 aromatic heterocycles. The van der Waals surface area contributed by atoms with E-state index >= 15 is 0 Å². The monoisotopic (exact) mass is 227 g/mol. The van der Waals surface area contributed by atoms with Crippen LogP contribution in [0.1, 0.15) is 34.1 Å². The summed E-state index contributed by atoms with van der Waals surface area (Å²) in [4.78, 5) is 14.3. The molecule has 1 aliphatic rings. The van der Waals surface area contributed by atoms with Gasteiger partial charge in [0, 0.05) is 18.1 Å². The predicted molar refractivity (Wildman–Crippen MR) is 66.4 cm³/mol. The van der Waals surface area contributed by atoms with Crippen LogP contribution in [-0.4, -0.2) is 48.6 Å². The van der Waals surface area contributed by atoms with E-state index < -0.39 is 0 Å². The molecule has 1 heterocycles. The summed E-state index contributed by atoms with van der Waals surface area (Å²) >= 11 is 0.